The van der Waals surface area contributed by atoms with Crippen LogP contribution in [0.3, 0.4) is 0 Å². The Labute approximate surface area is 126 Å². The maximum atomic E-state index is 13.2. The molecule has 1 aromatic carbocycles. The number of likely N-dealkylation sites (tertiary alicyclic amines) is 1. The lowest BCUT2D eigenvalue weighted by atomic mass is 9.91. The van der Waals surface area contributed by atoms with Crippen molar-refractivity contribution < 1.29 is 8.78 Å². The lowest BCUT2D eigenvalue weighted by Gasteiger charge is -2.36. The van der Waals surface area contributed by atoms with Gasteiger partial charge in [0.2, 0.25) is 0 Å². The highest BCUT2D eigenvalue weighted by molar-refractivity contribution is 5.17. The summed E-state index contributed by atoms with van der Waals surface area (Å²) in [5, 5.41) is 3.46. The first-order chi connectivity index (χ1) is 10.1. The second-order valence-corrected chi connectivity index (χ2v) is 6.12. The second-order valence-electron chi connectivity index (χ2n) is 6.12. The third-order valence-electron chi connectivity index (χ3n) is 4.40. The molecule has 0 aliphatic carbocycles. The maximum Gasteiger partial charge on any atom is 0.159 e. The molecule has 1 N–H and O–H groups in total. The normalized spacial score (nSPS) is 21.4. The van der Waals surface area contributed by atoms with Gasteiger partial charge in [0.25, 0.3) is 0 Å². The van der Waals surface area contributed by atoms with Crippen molar-refractivity contribution in [2.75, 3.05) is 19.6 Å². The Hall–Kier alpha value is -1.00. The monoisotopic (exact) mass is 296 g/mol. The zero-order valence-electron chi connectivity index (χ0n) is 13.0. The molecule has 21 heavy (non-hydrogen) atoms. The molecule has 0 radical (unpaired) electrons. The largest absolute Gasteiger partial charge is 0.310 e. The Bertz CT molecular complexity index is 448. The van der Waals surface area contributed by atoms with Crippen molar-refractivity contribution >= 4 is 0 Å². The van der Waals surface area contributed by atoms with Crippen molar-refractivity contribution in [2.24, 2.45) is 5.92 Å². The van der Waals surface area contributed by atoms with Gasteiger partial charge in [-0.3, -0.25) is 0 Å². The van der Waals surface area contributed by atoms with Crippen LogP contribution < -0.4 is 5.32 Å². The van der Waals surface area contributed by atoms with Gasteiger partial charge in [-0.15, -0.1) is 0 Å². The summed E-state index contributed by atoms with van der Waals surface area (Å²) in [5.41, 5.74) is 0.793. The van der Waals surface area contributed by atoms with Gasteiger partial charge in [0.05, 0.1) is 0 Å². The van der Waals surface area contributed by atoms with Crippen LogP contribution in [0.5, 0.6) is 0 Å². The first kappa shape index (κ1) is 16.4. The van der Waals surface area contributed by atoms with Crippen LogP contribution in [0.1, 0.15) is 38.7 Å². The van der Waals surface area contributed by atoms with Crippen LogP contribution in [0.25, 0.3) is 0 Å². The average Bonchev–Trinajstić information content (AvgIpc) is 2.49. The smallest absolute Gasteiger partial charge is 0.159 e. The van der Waals surface area contributed by atoms with Crippen molar-refractivity contribution in [1.29, 1.82) is 0 Å². The van der Waals surface area contributed by atoms with Crippen LogP contribution in [-0.2, 0) is 6.54 Å². The Morgan fingerprint density at radius 2 is 2.14 bits per heavy atom. The summed E-state index contributed by atoms with van der Waals surface area (Å²) in [7, 11) is 0. The Morgan fingerprint density at radius 1 is 1.33 bits per heavy atom. The van der Waals surface area contributed by atoms with E-state index in [1.165, 1.54) is 44.5 Å². The second kappa shape index (κ2) is 7.85. The molecule has 1 heterocycles. The van der Waals surface area contributed by atoms with E-state index in [1.807, 2.05) is 0 Å². The number of piperidine rings is 1. The Balaban J connectivity index is 1.83. The molecule has 2 rings (SSSR count). The molecule has 1 aliphatic rings. The highest BCUT2D eigenvalue weighted by atomic mass is 19.2. The summed E-state index contributed by atoms with van der Waals surface area (Å²) in [5.74, 6) is -0.918. The Morgan fingerprint density at radius 3 is 2.86 bits per heavy atom. The van der Waals surface area contributed by atoms with E-state index < -0.39 is 11.6 Å². The fraction of sp³-hybridized carbons (Fsp3) is 0.647. The molecule has 0 saturated carbocycles. The third kappa shape index (κ3) is 4.75. The van der Waals surface area contributed by atoms with Crippen molar-refractivity contribution in [1.82, 2.24) is 10.2 Å². The highest BCUT2D eigenvalue weighted by Crippen LogP contribution is 2.20. The van der Waals surface area contributed by atoms with Crippen molar-refractivity contribution in [3.8, 4) is 0 Å². The number of nitrogens with one attached hydrogen (secondary N) is 1. The third-order valence-corrected chi connectivity index (χ3v) is 4.40. The summed E-state index contributed by atoms with van der Waals surface area (Å²) in [4.78, 5) is 2.53. The van der Waals surface area contributed by atoms with Gasteiger partial charge in [-0.25, -0.2) is 8.78 Å². The molecule has 1 aliphatic heterocycles. The molecular formula is C17H26F2N2. The lowest BCUT2D eigenvalue weighted by molar-refractivity contribution is 0.150. The molecular weight excluding hydrogens is 270 g/mol. The van der Waals surface area contributed by atoms with Gasteiger partial charge in [-0.1, -0.05) is 13.0 Å². The van der Waals surface area contributed by atoms with Crippen molar-refractivity contribution in [3.05, 3.63) is 35.4 Å². The minimum absolute atomic E-state index is 0.387. The molecule has 1 fully saturated rings. The van der Waals surface area contributed by atoms with Gasteiger partial charge in [-0.2, -0.15) is 0 Å². The summed E-state index contributed by atoms with van der Waals surface area (Å²) < 4.78 is 26.1. The fourth-order valence-electron chi connectivity index (χ4n) is 3.11. The number of halogens is 2. The first-order valence-corrected chi connectivity index (χ1v) is 7.99. The molecule has 2 unspecified atom stereocenters. The zero-order chi connectivity index (χ0) is 15.2. The minimum Gasteiger partial charge on any atom is -0.310 e. The molecule has 0 aromatic heterocycles. The molecule has 1 saturated heterocycles. The average molecular weight is 296 g/mol. The highest BCUT2D eigenvalue weighted by Gasteiger charge is 2.23. The topological polar surface area (TPSA) is 15.3 Å². The van der Waals surface area contributed by atoms with E-state index in [-0.39, 0.29) is 0 Å². The summed E-state index contributed by atoms with van der Waals surface area (Å²) in [6.07, 6.45) is 3.69. The van der Waals surface area contributed by atoms with E-state index in [0.29, 0.717) is 18.5 Å². The molecule has 118 valence electrons. The number of nitrogens with zero attached hydrogens (tertiary/aromatic N) is 1. The van der Waals surface area contributed by atoms with Gasteiger partial charge in [0.15, 0.2) is 11.6 Å². The number of benzene rings is 1. The van der Waals surface area contributed by atoms with E-state index in [4.69, 9.17) is 0 Å². The predicted octanol–water partition coefficient (Wildman–Crippen LogP) is 3.56. The number of rotatable bonds is 6. The minimum atomic E-state index is -0.783. The van der Waals surface area contributed by atoms with Gasteiger partial charge >= 0.3 is 0 Å². The molecule has 4 heteroatoms. The predicted molar refractivity (Wildman–Crippen MR) is 82.1 cm³/mol. The van der Waals surface area contributed by atoms with E-state index in [0.717, 1.165) is 12.1 Å². The van der Waals surface area contributed by atoms with Gasteiger partial charge in [0.1, 0.15) is 0 Å². The van der Waals surface area contributed by atoms with Gasteiger partial charge in [-0.05, 0) is 62.9 Å². The quantitative estimate of drug-likeness (QED) is 0.863. The van der Waals surface area contributed by atoms with E-state index >= 15 is 0 Å². The first-order valence-electron chi connectivity index (χ1n) is 7.99. The van der Waals surface area contributed by atoms with Crippen LogP contribution in [0.2, 0.25) is 0 Å². The van der Waals surface area contributed by atoms with Crippen LogP contribution in [-0.4, -0.2) is 30.6 Å². The van der Waals surface area contributed by atoms with Crippen molar-refractivity contribution in [2.45, 2.75) is 45.7 Å². The molecule has 1 aromatic rings. The van der Waals surface area contributed by atoms with E-state index in [2.05, 4.69) is 24.1 Å². The summed E-state index contributed by atoms with van der Waals surface area (Å²) in [6.45, 7) is 8.52. The number of hydrogen-bond donors (Lipinski definition) is 1. The summed E-state index contributed by atoms with van der Waals surface area (Å²) >= 11 is 0. The number of hydrogen-bond acceptors (Lipinski definition) is 2. The van der Waals surface area contributed by atoms with E-state index in [9.17, 15) is 8.78 Å². The van der Waals surface area contributed by atoms with E-state index in [1.54, 1.807) is 6.07 Å². The molecule has 2 atom stereocenters. The van der Waals surface area contributed by atoms with Crippen LogP contribution in [0.4, 0.5) is 8.78 Å². The molecule has 0 amide bonds. The molecule has 2 nitrogen and oxygen atoms in total. The molecule has 0 bridgehead atoms. The van der Waals surface area contributed by atoms with Crippen molar-refractivity contribution in [3.63, 3.8) is 0 Å². The van der Waals surface area contributed by atoms with Crippen LogP contribution in [0.15, 0.2) is 18.2 Å². The lowest BCUT2D eigenvalue weighted by Crippen LogP contribution is -2.44. The SMILES string of the molecule is CCCN1CCCC(C(C)NCc2ccc(F)c(F)c2)C1. The standard InChI is InChI=1S/C17H26F2N2/c1-3-8-21-9-4-5-15(12-21)13(2)20-11-14-6-7-16(18)17(19)10-14/h6-7,10,13,15,20H,3-5,8-9,11-12H2,1-2H3. The van der Waals surface area contributed by atoms with Gasteiger partial charge < -0.3 is 10.2 Å². The maximum absolute atomic E-state index is 13.2. The summed E-state index contributed by atoms with van der Waals surface area (Å²) in [6, 6.07) is 4.50. The zero-order valence-corrected chi connectivity index (χ0v) is 13.0. The fourth-order valence-corrected chi connectivity index (χ4v) is 3.11. The molecule has 0 spiro atoms. The van der Waals surface area contributed by atoms with Crippen LogP contribution in [0, 0.1) is 17.6 Å². The van der Waals surface area contributed by atoms with Gasteiger partial charge in [0, 0.05) is 19.1 Å². The van der Waals surface area contributed by atoms with Crippen LogP contribution >= 0.6 is 0 Å². The Kier molecular flexibility index (Phi) is 6.12.